The van der Waals surface area contributed by atoms with Crippen LogP contribution in [0, 0.1) is 23.7 Å². The van der Waals surface area contributed by atoms with Gasteiger partial charge in [-0.2, -0.15) is 11.3 Å². The van der Waals surface area contributed by atoms with Crippen LogP contribution < -0.4 is 0 Å². The minimum atomic E-state index is 0.0967. The predicted octanol–water partition coefficient (Wildman–Crippen LogP) is 4.88. The average molecular weight is 449 g/mol. The number of likely N-dealkylation sites (tertiary alicyclic amines) is 1. The molecule has 32 heavy (non-hydrogen) atoms. The fourth-order valence-electron chi connectivity index (χ4n) is 6.02. The van der Waals surface area contributed by atoms with E-state index in [-0.39, 0.29) is 17.9 Å². The summed E-state index contributed by atoms with van der Waals surface area (Å²) in [5.41, 5.74) is 2.03. The Balaban J connectivity index is 1.27. The third kappa shape index (κ3) is 4.27. The first-order chi connectivity index (χ1) is 15.6. The molecule has 2 aromatic rings. The Morgan fingerprint density at radius 1 is 1.09 bits per heavy atom. The van der Waals surface area contributed by atoms with E-state index in [0.717, 1.165) is 44.3 Å². The Hall–Kier alpha value is -2.40. The molecule has 1 aromatic carbocycles. The van der Waals surface area contributed by atoms with E-state index in [2.05, 4.69) is 41.3 Å². The van der Waals surface area contributed by atoms with Gasteiger partial charge in [-0.3, -0.25) is 9.59 Å². The summed E-state index contributed by atoms with van der Waals surface area (Å²) < 4.78 is 0. The molecule has 2 aliphatic carbocycles. The number of benzene rings is 1. The number of thiophene rings is 1. The summed E-state index contributed by atoms with van der Waals surface area (Å²) in [5, 5.41) is 3.89. The van der Waals surface area contributed by atoms with Gasteiger partial charge in [-0.1, -0.05) is 42.5 Å². The number of fused-ring (bicyclic) bond motifs is 2. The van der Waals surface area contributed by atoms with Crippen molar-refractivity contribution in [3.05, 3.63) is 70.4 Å². The van der Waals surface area contributed by atoms with Gasteiger partial charge in [0.25, 0.3) is 5.91 Å². The minimum Gasteiger partial charge on any atom is -0.342 e. The Kier molecular flexibility index (Phi) is 6.18. The van der Waals surface area contributed by atoms with Crippen LogP contribution in [0.1, 0.15) is 41.6 Å². The van der Waals surface area contributed by atoms with Crippen molar-refractivity contribution >= 4 is 23.2 Å². The molecule has 4 atom stereocenters. The number of piperidine rings is 1. The van der Waals surface area contributed by atoms with Gasteiger partial charge in [0.15, 0.2) is 0 Å². The number of likely N-dealkylation sites (N-methyl/N-ethyl adjacent to an activating group) is 1. The molecule has 1 unspecified atom stereocenters. The quantitative estimate of drug-likeness (QED) is 0.591. The van der Waals surface area contributed by atoms with Crippen molar-refractivity contribution in [3.8, 4) is 0 Å². The highest BCUT2D eigenvalue weighted by Gasteiger charge is 2.42. The molecule has 2 heterocycles. The number of rotatable bonds is 6. The molecule has 2 fully saturated rings. The fraction of sp³-hybridized carbons (Fsp3) is 0.481. The summed E-state index contributed by atoms with van der Waals surface area (Å²) in [7, 11) is 1.95. The van der Waals surface area contributed by atoms with Crippen molar-refractivity contribution in [1.29, 1.82) is 0 Å². The lowest BCUT2D eigenvalue weighted by Gasteiger charge is -2.41. The van der Waals surface area contributed by atoms with E-state index in [0.29, 0.717) is 23.7 Å². The third-order valence-corrected chi connectivity index (χ3v) is 8.55. The molecule has 0 radical (unpaired) electrons. The van der Waals surface area contributed by atoms with Crippen molar-refractivity contribution in [2.45, 2.75) is 38.1 Å². The zero-order valence-electron chi connectivity index (χ0n) is 18.7. The Labute approximate surface area is 194 Å². The van der Waals surface area contributed by atoms with Gasteiger partial charge in [0, 0.05) is 37.5 Å². The first kappa shape index (κ1) is 21.4. The molecule has 0 N–H and O–H groups in total. The lowest BCUT2D eigenvalue weighted by Crippen LogP contribution is -2.49. The molecule has 4 nitrogen and oxygen atoms in total. The van der Waals surface area contributed by atoms with Gasteiger partial charge >= 0.3 is 0 Å². The van der Waals surface area contributed by atoms with Crippen LogP contribution in [0.15, 0.2) is 59.3 Å². The summed E-state index contributed by atoms with van der Waals surface area (Å²) in [4.78, 5) is 30.4. The number of amides is 2. The number of nitrogens with zero attached hydrogens (tertiary/aromatic N) is 2. The maximum Gasteiger partial charge on any atom is 0.254 e. The smallest absolute Gasteiger partial charge is 0.254 e. The molecule has 168 valence electrons. The summed E-state index contributed by atoms with van der Waals surface area (Å²) in [6.07, 6.45) is 9.54. The number of hydrogen-bond acceptors (Lipinski definition) is 3. The van der Waals surface area contributed by atoms with Crippen molar-refractivity contribution in [1.82, 2.24) is 9.80 Å². The highest BCUT2D eigenvalue weighted by Crippen LogP contribution is 2.44. The predicted molar refractivity (Wildman–Crippen MR) is 128 cm³/mol. The average Bonchev–Trinajstić information content (AvgIpc) is 3.61. The zero-order chi connectivity index (χ0) is 22.1. The van der Waals surface area contributed by atoms with E-state index in [9.17, 15) is 9.59 Å². The number of hydrogen-bond donors (Lipinski definition) is 0. The van der Waals surface area contributed by atoms with E-state index in [1.54, 1.807) is 11.3 Å². The molecular weight excluding hydrogens is 416 g/mol. The summed E-state index contributed by atoms with van der Waals surface area (Å²) in [6.45, 7) is 1.62. The summed E-state index contributed by atoms with van der Waals surface area (Å²) in [6, 6.07) is 12.5. The van der Waals surface area contributed by atoms with E-state index in [4.69, 9.17) is 0 Å². The number of carbonyl (C=O) groups is 2. The lowest BCUT2D eigenvalue weighted by atomic mass is 9.84. The van der Waals surface area contributed by atoms with E-state index >= 15 is 0 Å². The van der Waals surface area contributed by atoms with Crippen molar-refractivity contribution in [2.24, 2.45) is 23.7 Å². The third-order valence-electron chi connectivity index (χ3n) is 7.87. The van der Waals surface area contributed by atoms with Crippen LogP contribution in [-0.2, 0) is 11.2 Å². The van der Waals surface area contributed by atoms with Gasteiger partial charge in [0.05, 0.1) is 5.56 Å². The van der Waals surface area contributed by atoms with E-state index in [1.807, 2.05) is 34.8 Å². The number of allylic oxidation sites excluding steroid dienone is 2. The van der Waals surface area contributed by atoms with Gasteiger partial charge in [-0.05, 0) is 66.9 Å². The normalized spacial score (nSPS) is 25.8. The van der Waals surface area contributed by atoms with Gasteiger partial charge < -0.3 is 9.80 Å². The van der Waals surface area contributed by atoms with Gasteiger partial charge in [-0.25, -0.2) is 0 Å². The molecule has 2 bridgehead atoms. The molecule has 1 aliphatic heterocycles. The molecule has 5 rings (SSSR count). The largest absolute Gasteiger partial charge is 0.342 e. The van der Waals surface area contributed by atoms with Crippen LogP contribution in [0.25, 0.3) is 0 Å². The van der Waals surface area contributed by atoms with Gasteiger partial charge in [0.2, 0.25) is 5.91 Å². The Bertz CT molecular complexity index is 963. The first-order valence-electron chi connectivity index (χ1n) is 11.9. The second-order valence-electron chi connectivity index (χ2n) is 9.73. The topological polar surface area (TPSA) is 40.6 Å². The van der Waals surface area contributed by atoms with E-state index in [1.165, 1.54) is 12.0 Å². The van der Waals surface area contributed by atoms with Crippen LogP contribution in [0.5, 0.6) is 0 Å². The van der Waals surface area contributed by atoms with Crippen LogP contribution in [-0.4, -0.2) is 47.8 Å². The van der Waals surface area contributed by atoms with Gasteiger partial charge in [0.1, 0.15) is 0 Å². The summed E-state index contributed by atoms with van der Waals surface area (Å²) in [5.74, 6) is 2.14. The second-order valence-corrected chi connectivity index (χ2v) is 10.5. The van der Waals surface area contributed by atoms with E-state index < -0.39 is 0 Å². The fourth-order valence-corrected chi connectivity index (χ4v) is 6.65. The van der Waals surface area contributed by atoms with Gasteiger partial charge in [-0.15, -0.1) is 0 Å². The standard InChI is InChI=1S/C27H32N2O2S/c1-28(26(30)23-11-14-32-18-23)25(17-19-5-3-2-4-6-19)21-9-12-29(13-10-21)27(31)24-16-20-7-8-22(24)15-20/h2-8,11,14,18,20-22,24-25H,9-10,12-13,15-17H2,1H3/t20-,22+,24+,25?/m1/s1. The maximum atomic E-state index is 13.2. The van der Waals surface area contributed by atoms with Crippen molar-refractivity contribution in [2.75, 3.05) is 20.1 Å². The highest BCUT2D eigenvalue weighted by molar-refractivity contribution is 7.08. The zero-order valence-corrected chi connectivity index (χ0v) is 19.5. The van der Waals surface area contributed by atoms with Crippen molar-refractivity contribution in [3.63, 3.8) is 0 Å². The molecule has 1 saturated carbocycles. The van der Waals surface area contributed by atoms with Crippen LogP contribution >= 0.6 is 11.3 Å². The molecule has 3 aliphatic rings. The van der Waals surface area contributed by atoms with Crippen LogP contribution in [0.2, 0.25) is 0 Å². The van der Waals surface area contributed by atoms with Crippen LogP contribution in [0.4, 0.5) is 0 Å². The molecule has 5 heteroatoms. The Morgan fingerprint density at radius 2 is 1.88 bits per heavy atom. The van der Waals surface area contributed by atoms with Crippen LogP contribution in [0.3, 0.4) is 0 Å². The minimum absolute atomic E-state index is 0.0967. The Morgan fingerprint density at radius 3 is 2.50 bits per heavy atom. The molecular formula is C27H32N2O2S. The SMILES string of the molecule is CN(C(=O)c1ccsc1)C(Cc1ccccc1)C1CCN(C(=O)[C@H]2C[C@@H]3C=C[C@H]2C3)CC1. The highest BCUT2D eigenvalue weighted by atomic mass is 32.1. The maximum absolute atomic E-state index is 13.2. The summed E-state index contributed by atoms with van der Waals surface area (Å²) >= 11 is 1.56. The first-order valence-corrected chi connectivity index (χ1v) is 12.8. The number of carbonyl (C=O) groups excluding carboxylic acids is 2. The molecule has 1 saturated heterocycles. The second kappa shape index (κ2) is 9.22. The monoisotopic (exact) mass is 448 g/mol. The molecule has 1 aromatic heterocycles. The van der Waals surface area contributed by atoms with Crippen molar-refractivity contribution < 1.29 is 9.59 Å². The lowest BCUT2D eigenvalue weighted by molar-refractivity contribution is -0.138. The molecule has 2 amide bonds. The molecule has 0 spiro atoms.